The van der Waals surface area contributed by atoms with Crippen molar-refractivity contribution in [3.63, 3.8) is 0 Å². The predicted molar refractivity (Wildman–Crippen MR) is 79.4 cm³/mol. The zero-order chi connectivity index (χ0) is 15.5. The molecule has 0 bridgehead atoms. The number of amides is 1. The first kappa shape index (κ1) is 15.6. The Morgan fingerprint density at radius 2 is 2.10 bits per heavy atom. The SMILES string of the molecule is CC(C)(CC(=O)O)NC(=O)c1cccn1C1CCNCC1. The summed E-state index contributed by atoms with van der Waals surface area (Å²) < 4.78 is 2.01. The molecule has 0 aromatic carbocycles. The second-order valence-corrected chi connectivity index (χ2v) is 6.19. The first-order valence-corrected chi connectivity index (χ1v) is 7.31. The lowest BCUT2D eigenvalue weighted by molar-refractivity contribution is -0.138. The number of piperidine rings is 1. The number of rotatable bonds is 5. The fraction of sp³-hybridized carbons (Fsp3) is 0.600. The Labute approximate surface area is 124 Å². The summed E-state index contributed by atoms with van der Waals surface area (Å²) in [7, 11) is 0. The second-order valence-electron chi connectivity index (χ2n) is 6.19. The first-order valence-electron chi connectivity index (χ1n) is 7.31. The smallest absolute Gasteiger partial charge is 0.305 e. The number of aliphatic carboxylic acids is 1. The third kappa shape index (κ3) is 4.07. The molecule has 1 fully saturated rings. The molecule has 6 heteroatoms. The van der Waals surface area contributed by atoms with Crippen LogP contribution < -0.4 is 10.6 Å². The lowest BCUT2D eigenvalue weighted by Gasteiger charge is -2.28. The van der Waals surface area contributed by atoms with Crippen molar-refractivity contribution in [2.45, 2.75) is 44.7 Å². The van der Waals surface area contributed by atoms with E-state index in [1.54, 1.807) is 19.9 Å². The van der Waals surface area contributed by atoms with E-state index in [9.17, 15) is 9.59 Å². The molecule has 1 saturated heterocycles. The molecule has 0 saturated carbocycles. The summed E-state index contributed by atoms with van der Waals surface area (Å²) in [6.07, 6.45) is 3.81. The van der Waals surface area contributed by atoms with Crippen molar-refractivity contribution in [2.75, 3.05) is 13.1 Å². The van der Waals surface area contributed by atoms with E-state index in [0.717, 1.165) is 25.9 Å². The van der Waals surface area contributed by atoms with Gasteiger partial charge in [0.15, 0.2) is 0 Å². The van der Waals surface area contributed by atoms with E-state index in [0.29, 0.717) is 11.7 Å². The molecule has 1 aromatic heterocycles. The minimum atomic E-state index is -0.922. The third-order valence-electron chi connectivity index (χ3n) is 3.76. The summed E-state index contributed by atoms with van der Waals surface area (Å²) >= 11 is 0. The summed E-state index contributed by atoms with van der Waals surface area (Å²) in [5, 5.41) is 15.0. The molecule has 0 atom stereocenters. The summed E-state index contributed by atoms with van der Waals surface area (Å²) in [4.78, 5) is 23.3. The van der Waals surface area contributed by atoms with Gasteiger partial charge in [-0.05, 0) is 51.9 Å². The molecule has 1 aliphatic heterocycles. The fourth-order valence-electron chi connectivity index (χ4n) is 2.78. The van der Waals surface area contributed by atoms with Crippen molar-refractivity contribution >= 4 is 11.9 Å². The van der Waals surface area contributed by atoms with E-state index in [1.807, 2.05) is 16.8 Å². The molecule has 1 aromatic rings. The van der Waals surface area contributed by atoms with Crippen LogP contribution in [-0.2, 0) is 4.79 Å². The third-order valence-corrected chi connectivity index (χ3v) is 3.76. The minimum absolute atomic E-state index is 0.104. The van der Waals surface area contributed by atoms with Crippen LogP contribution in [0.1, 0.15) is 49.6 Å². The molecule has 1 amide bonds. The Morgan fingerprint density at radius 1 is 1.43 bits per heavy atom. The summed E-state index contributed by atoms with van der Waals surface area (Å²) in [6.45, 7) is 5.34. The van der Waals surface area contributed by atoms with Crippen LogP contribution in [0.15, 0.2) is 18.3 Å². The highest BCUT2D eigenvalue weighted by Gasteiger charge is 2.27. The van der Waals surface area contributed by atoms with Crippen molar-refractivity contribution in [2.24, 2.45) is 0 Å². The number of carboxylic acid groups (broad SMARTS) is 1. The molecule has 6 nitrogen and oxygen atoms in total. The summed E-state index contributed by atoms with van der Waals surface area (Å²) in [5.74, 6) is -1.14. The Balaban J connectivity index is 2.09. The number of aromatic nitrogens is 1. The number of nitrogens with one attached hydrogen (secondary N) is 2. The van der Waals surface area contributed by atoms with Crippen molar-refractivity contribution < 1.29 is 14.7 Å². The zero-order valence-electron chi connectivity index (χ0n) is 12.6. The number of carbonyl (C=O) groups excluding carboxylic acids is 1. The minimum Gasteiger partial charge on any atom is -0.481 e. The molecule has 116 valence electrons. The van der Waals surface area contributed by atoms with E-state index in [2.05, 4.69) is 10.6 Å². The molecule has 0 unspecified atom stereocenters. The van der Waals surface area contributed by atoms with Gasteiger partial charge in [0, 0.05) is 17.8 Å². The van der Waals surface area contributed by atoms with Gasteiger partial charge in [-0.3, -0.25) is 9.59 Å². The predicted octanol–water partition coefficient (Wildman–Crippen LogP) is 1.40. The van der Waals surface area contributed by atoms with Gasteiger partial charge in [0.05, 0.1) is 6.42 Å². The standard InChI is InChI=1S/C15H23N3O3/c1-15(2,10-13(19)20)17-14(21)12-4-3-9-18(12)11-5-7-16-8-6-11/h3-4,9,11,16H,5-8,10H2,1-2H3,(H,17,21)(H,19,20). The van der Waals surface area contributed by atoms with Gasteiger partial charge in [0.2, 0.25) is 0 Å². The fourth-order valence-corrected chi connectivity index (χ4v) is 2.78. The molecular formula is C15H23N3O3. The van der Waals surface area contributed by atoms with Crippen LogP contribution in [0.5, 0.6) is 0 Å². The van der Waals surface area contributed by atoms with E-state index in [4.69, 9.17) is 5.11 Å². The topological polar surface area (TPSA) is 83.4 Å². The van der Waals surface area contributed by atoms with Crippen LogP contribution in [0.2, 0.25) is 0 Å². The molecular weight excluding hydrogens is 270 g/mol. The van der Waals surface area contributed by atoms with Crippen LogP contribution in [-0.4, -0.2) is 40.2 Å². The maximum atomic E-state index is 12.4. The highest BCUT2D eigenvalue weighted by Crippen LogP contribution is 2.21. The van der Waals surface area contributed by atoms with Crippen LogP contribution in [0.25, 0.3) is 0 Å². The van der Waals surface area contributed by atoms with Crippen molar-refractivity contribution in [1.82, 2.24) is 15.2 Å². The molecule has 0 aliphatic carbocycles. The zero-order valence-corrected chi connectivity index (χ0v) is 12.6. The molecule has 21 heavy (non-hydrogen) atoms. The average Bonchev–Trinajstić information content (AvgIpc) is 2.86. The number of hydrogen-bond donors (Lipinski definition) is 3. The van der Waals surface area contributed by atoms with E-state index < -0.39 is 11.5 Å². The number of carbonyl (C=O) groups is 2. The normalized spacial score (nSPS) is 16.7. The van der Waals surface area contributed by atoms with Gasteiger partial charge in [0.1, 0.15) is 5.69 Å². The Hall–Kier alpha value is -1.82. The monoisotopic (exact) mass is 293 g/mol. The number of nitrogens with zero attached hydrogens (tertiary/aromatic N) is 1. The quantitative estimate of drug-likeness (QED) is 0.766. The number of carboxylic acids is 1. The highest BCUT2D eigenvalue weighted by molar-refractivity contribution is 5.93. The van der Waals surface area contributed by atoms with Crippen molar-refractivity contribution in [1.29, 1.82) is 0 Å². The van der Waals surface area contributed by atoms with E-state index >= 15 is 0 Å². The average molecular weight is 293 g/mol. The summed E-state index contributed by atoms with van der Waals surface area (Å²) in [5.41, 5.74) is -0.174. The largest absolute Gasteiger partial charge is 0.481 e. The lowest BCUT2D eigenvalue weighted by Crippen LogP contribution is -2.45. The number of hydrogen-bond acceptors (Lipinski definition) is 3. The maximum Gasteiger partial charge on any atom is 0.305 e. The van der Waals surface area contributed by atoms with Crippen molar-refractivity contribution in [3.05, 3.63) is 24.0 Å². The Kier molecular flexibility index (Phi) is 4.67. The summed E-state index contributed by atoms with van der Waals surface area (Å²) in [6, 6.07) is 3.97. The van der Waals surface area contributed by atoms with E-state index in [-0.39, 0.29) is 12.3 Å². The Morgan fingerprint density at radius 3 is 2.71 bits per heavy atom. The van der Waals surface area contributed by atoms with Gasteiger partial charge in [-0.1, -0.05) is 0 Å². The molecule has 2 rings (SSSR count). The molecule has 3 N–H and O–H groups in total. The highest BCUT2D eigenvalue weighted by atomic mass is 16.4. The lowest BCUT2D eigenvalue weighted by atomic mass is 10.0. The van der Waals surface area contributed by atoms with Crippen LogP contribution in [0.4, 0.5) is 0 Å². The maximum absolute atomic E-state index is 12.4. The van der Waals surface area contributed by atoms with E-state index in [1.165, 1.54) is 0 Å². The van der Waals surface area contributed by atoms with Crippen LogP contribution >= 0.6 is 0 Å². The van der Waals surface area contributed by atoms with Crippen LogP contribution in [0.3, 0.4) is 0 Å². The van der Waals surface area contributed by atoms with Gasteiger partial charge in [-0.2, -0.15) is 0 Å². The Bertz CT molecular complexity index is 516. The van der Waals surface area contributed by atoms with Gasteiger partial charge in [0.25, 0.3) is 5.91 Å². The van der Waals surface area contributed by atoms with Gasteiger partial charge in [-0.15, -0.1) is 0 Å². The van der Waals surface area contributed by atoms with Gasteiger partial charge in [-0.25, -0.2) is 0 Å². The molecule has 2 heterocycles. The molecule has 1 aliphatic rings. The van der Waals surface area contributed by atoms with Crippen molar-refractivity contribution in [3.8, 4) is 0 Å². The first-order chi connectivity index (χ1) is 9.89. The second kappa shape index (κ2) is 6.30. The molecule has 0 radical (unpaired) electrons. The van der Waals surface area contributed by atoms with Gasteiger partial charge >= 0.3 is 5.97 Å². The van der Waals surface area contributed by atoms with Crippen LogP contribution in [0, 0.1) is 0 Å². The van der Waals surface area contributed by atoms with Gasteiger partial charge < -0.3 is 20.3 Å². The molecule has 0 spiro atoms.